The van der Waals surface area contributed by atoms with E-state index in [0.29, 0.717) is 6.42 Å². The summed E-state index contributed by atoms with van der Waals surface area (Å²) in [5.41, 5.74) is 32.1. The molecule has 0 aromatic heterocycles. The fraction of sp³-hybridized carbons (Fsp3) is 0.632. The lowest BCUT2D eigenvalue weighted by molar-refractivity contribution is -0.141. The highest BCUT2D eigenvalue weighted by Crippen LogP contribution is 2.04. The summed E-state index contributed by atoms with van der Waals surface area (Å²) >= 11 is 3.85. The van der Waals surface area contributed by atoms with Crippen LogP contribution in [0.25, 0.3) is 0 Å². The number of rotatable bonds is 18. The predicted octanol–water partition coefficient (Wildman–Crippen LogP) is -5.23. The minimum Gasteiger partial charge on any atom is -0.480 e. The zero-order valence-corrected chi connectivity index (χ0v) is 21.2. The lowest BCUT2D eigenvalue weighted by Gasteiger charge is -2.24. The monoisotopic (exact) mass is 547 g/mol. The normalized spacial score (nSPS) is 13.7. The maximum Gasteiger partial charge on any atom is 0.327 e. The van der Waals surface area contributed by atoms with E-state index in [1.54, 1.807) is 0 Å². The van der Waals surface area contributed by atoms with Gasteiger partial charge in [0.05, 0.1) is 12.5 Å². The van der Waals surface area contributed by atoms with Crippen molar-refractivity contribution >= 4 is 54.1 Å². The summed E-state index contributed by atoms with van der Waals surface area (Å²) in [6.45, 7) is 0.388. The average molecular weight is 548 g/mol. The summed E-state index contributed by atoms with van der Waals surface area (Å²) in [6, 6.07) is -5.10. The summed E-state index contributed by atoms with van der Waals surface area (Å²) < 4.78 is 0. The Bertz CT molecular complexity index is 861. The minimum absolute atomic E-state index is 0.0361. The van der Waals surface area contributed by atoms with Gasteiger partial charge in [0.15, 0.2) is 11.9 Å². The summed E-state index contributed by atoms with van der Waals surface area (Å²) in [5.74, 6) is -5.30. The molecule has 0 radical (unpaired) electrons. The molecule has 0 bridgehead atoms. The summed E-state index contributed by atoms with van der Waals surface area (Å²) in [5, 5.41) is 16.1. The molecule has 37 heavy (non-hydrogen) atoms. The first-order chi connectivity index (χ1) is 17.3. The van der Waals surface area contributed by atoms with E-state index >= 15 is 0 Å². The van der Waals surface area contributed by atoms with Crippen LogP contribution in [0.15, 0.2) is 9.98 Å². The van der Waals surface area contributed by atoms with Crippen molar-refractivity contribution < 1.29 is 29.1 Å². The number of carboxylic acids is 1. The molecule has 0 fully saturated rings. The smallest absolute Gasteiger partial charge is 0.327 e. The number of guanidine groups is 2. The van der Waals surface area contributed by atoms with Crippen LogP contribution in [-0.2, 0) is 24.0 Å². The molecule has 0 aromatic carbocycles. The first-order valence-electron chi connectivity index (χ1n) is 11.2. The van der Waals surface area contributed by atoms with Crippen LogP contribution >= 0.6 is 12.6 Å². The molecule has 0 aliphatic rings. The zero-order valence-electron chi connectivity index (χ0n) is 20.3. The molecule has 0 aliphatic heterocycles. The summed E-state index contributed by atoms with van der Waals surface area (Å²) in [6.07, 6.45) is 0.260. The summed E-state index contributed by atoms with van der Waals surface area (Å²) in [4.78, 5) is 68.4. The molecule has 4 unspecified atom stereocenters. The second-order valence-electron chi connectivity index (χ2n) is 7.88. The first-order valence-corrected chi connectivity index (χ1v) is 11.8. The van der Waals surface area contributed by atoms with Gasteiger partial charge in [-0.1, -0.05) is 0 Å². The number of thiol groups is 1. The van der Waals surface area contributed by atoms with Gasteiger partial charge in [0.2, 0.25) is 23.6 Å². The molecule has 4 atom stereocenters. The van der Waals surface area contributed by atoms with Crippen LogP contribution in [0.5, 0.6) is 0 Å². The maximum absolute atomic E-state index is 13.0. The molecule has 4 amide bonds. The van der Waals surface area contributed by atoms with Crippen LogP contribution in [0.3, 0.4) is 0 Å². The Labute approximate surface area is 219 Å². The number of aliphatic imine (C=N–C) groups is 2. The number of nitrogens with zero attached hydrogens (tertiary/aromatic N) is 2. The van der Waals surface area contributed by atoms with E-state index in [2.05, 4.69) is 38.6 Å². The Morgan fingerprint density at radius 1 is 0.730 bits per heavy atom. The second kappa shape index (κ2) is 17.6. The minimum atomic E-state index is -1.52. The Hall–Kier alpha value is -3.80. The van der Waals surface area contributed by atoms with Crippen molar-refractivity contribution in [3.05, 3.63) is 0 Å². The van der Waals surface area contributed by atoms with Gasteiger partial charge in [-0.2, -0.15) is 12.6 Å². The molecule has 16 N–H and O–H groups in total. The number of carbonyl (C=O) groups is 5. The molecule has 210 valence electrons. The van der Waals surface area contributed by atoms with Crippen LogP contribution < -0.4 is 50.4 Å². The maximum atomic E-state index is 13.0. The third-order valence-corrected chi connectivity index (χ3v) is 5.08. The first kappa shape index (κ1) is 33.2. The van der Waals surface area contributed by atoms with E-state index in [0.717, 1.165) is 0 Å². The number of aliphatic carboxylic acids is 1. The molecular formula is C19H37N11O6S. The standard InChI is InChI=1S/C19H37N11O6S/c20-9(3-1-5-26-18(22)23)14(32)28-10(4-2-6-27-19(24)25)15(33)29-11(7-13(21)31)16(34)30-12(8-37)17(35)36/h9-12,37H,1-8,20H2,(H2,21,31)(H,28,32)(H,29,33)(H,30,34)(H,35,36)(H4,22,23,26)(H4,24,25,27). The van der Waals surface area contributed by atoms with Crippen molar-refractivity contribution in [2.45, 2.75) is 56.3 Å². The Morgan fingerprint density at radius 3 is 1.65 bits per heavy atom. The van der Waals surface area contributed by atoms with Gasteiger partial charge in [0.25, 0.3) is 0 Å². The van der Waals surface area contributed by atoms with Crippen molar-refractivity contribution in [2.75, 3.05) is 18.8 Å². The summed E-state index contributed by atoms with van der Waals surface area (Å²) in [7, 11) is 0. The van der Waals surface area contributed by atoms with Gasteiger partial charge in [-0.05, 0) is 25.7 Å². The van der Waals surface area contributed by atoms with Gasteiger partial charge < -0.3 is 55.5 Å². The SMILES string of the molecule is NC(=O)CC(NC(=O)C(CCCN=C(N)N)NC(=O)C(N)CCCN=C(N)N)C(=O)NC(CS)C(=O)O. The number of carboxylic acid groups (broad SMARTS) is 1. The quantitative estimate of drug-likeness (QED) is 0.0333. The lowest BCUT2D eigenvalue weighted by Crippen LogP contribution is -2.58. The van der Waals surface area contributed by atoms with Crippen LogP contribution in [0.2, 0.25) is 0 Å². The molecule has 0 spiro atoms. The second-order valence-corrected chi connectivity index (χ2v) is 8.24. The fourth-order valence-electron chi connectivity index (χ4n) is 2.84. The Kier molecular flexibility index (Phi) is 15.8. The van der Waals surface area contributed by atoms with E-state index in [1.807, 2.05) is 0 Å². The van der Waals surface area contributed by atoms with Gasteiger partial charge in [-0.3, -0.25) is 29.2 Å². The van der Waals surface area contributed by atoms with Crippen molar-refractivity contribution in [3.63, 3.8) is 0 Å². The average Bonchev–Trinajstić information content (AvgIpc) is 2.80. The third kappa shape index (κ3) is 15.0. The number of carbonyl (C=O) groups excluding carboxylic acids is 4. The zero-order chi connectivity index (χ0) is 28.5. The van der Waals surface area contributed by atoms with Crippen molar-refractivity contribution in [1.82, 2.24) is 16.0 Å². The van der Waals surface area contributed by atoms with Crippen molar-refractivity contribution in [3.8, 4) is 0 Å². The lowest BCUT2D eigenvalue weighted by atomic mass is 10.1. The number of hydrogen-bond acceptors (Lipinski definition) is 9. The molecule has 0 saturated heterocycles. The van der Waals surface area contributed by atoms with Crippen molar-refractivity contribution in [2.24, 2.45) is 44.4 Å². The predicted molar refractivity (Wildman–Crippen MR) is 139 cm³/mol. The number of primary amides is 1. The molecule has 0 aliphatic carbocycles. The number of nitrogens with one attached hydrogen (secondary N) is 3. The molecule has 0 aromatic rings. The van der Waals surface area contributed by atoms with E-state index in [9.17, 15) is 24.0 Å². The molecular weight excluding hydrogens is 510 g/mol. The largest absolute Gasteiger partial charge is 0.480 e. The molecule has 17 nitrogen and oxygen atoms in total. The molecule has 18 heteroatoms. The molecule has 0 saturated carbocycles. The van der Waals surface area contributed by atoms with E-state index in [1.165, 1.54) is 0 Å². The van der Waals surface area contributed by atoms with E-state index in [-0.39, 0.29) is 50.0 Å². The topological polar surface area (TPSA) is 323 Å². The van der Waals surface area contributed by atoms with Gasteiger partial charge >= 0.3 is 5.97 Å². The van der Waals surface area contributed by atoms with Gasteiger partial charge in [-0.15, -0.1) is 0 Å². The number of hydrogen-bond donors (Lipinski definition) is 11. The number of amides is 4. The van der Waals surface area contributed by atoms with Gasteiger partial charge in [0.1, 0.15) is 18.1 Å². The van der Waals surface area contributed by atoms with Crippen LogP contribution in [-0.4, -0.2) is 89.6 Å². The highest BCUT2D eigenvalue weighted by Gasteiger charge is 2.30. The molecule has 0 rings (SSSR count). The van der Waals surface area contributed by atoms with E-state index < -0.39 is 60.2 Å². The highest BCUT2D eigenvalue weighted by molar-refractivity contribution is 7.80. The number of nitrogens with two attached hydrogens (primary N) is 6. The van der Waals surface area contributed by atoms with Crippen molar-refractivity contribution in [1.29, 1.82) is 0 Å². The van der Waals surface area contributed by atoms with Crippen LogP contribution in [0, 0.1) is 0 Å². The van der Waals surface area contributed by atoms with Crippen LogP contribution in [0.4, 0.5) is 0 Å². The Morgan fingerprint density at radius 2 is 1.19 bits per heavy atom. The fourth-order valence-corrected chi connectivity index (χ4v) is 3.09. The van der Waals surface area contributed by atoms with Crippen LogP contribution in [0.1, 0.15) is 32.1 Å². The third-order valence-electron chi connectivity index (χ3n) is 4.72. The van der Waals surface area contributed by atoms with Gasteiger partial charge in [0, 0.05) is 18.8 Å². The van der Waals surface area contributed by atoms with Gasteiger partial charge in [-0.25, -0.2) is 4.79 Å². The van der Waals surface area contributed by atoms with E-state index in [4.69, 9.17) is 39.5 Å². The highest BCUT2D eigenvalue weighted by atomic mass is 32.1. The Balaban J connectivity index is 5.50. The molecule has 0 heterocycles.